The number of carbonyl (C=O) groups is 1. The molecule has 0 bridgehead atoms. The highest BCUT2D eigenvalue weighted by molar-refractivity contribution is 14.0. The molecule has 0 saturated carbocycles. The molecule has 154 valence electrons. The summed E-state index contributed by atoms with van der Waals surface area (Å²) >= 11 is 0. The molecule has 1 aromatic rings. The van der Waals surface area contributed by atoms with Crippen LogP contribution in [0.4, 0.5) is 0 Å². The molecule has 1 amide bonds. The van der Waals surface area contributed by atoms with Crippen LogP contribution in [0.15, 0.2) is 29.3 Å². The molecule has 7 heteroatoms. The fourth-order valence-electron chi connectivity index (χ4n) is 2.28. The van der Waals surface area contributed by atoms with E-state index >= 15 is 0 Å². The highest BCUT2D eigenvalue weighted by Crippen LogP contribution is 2.13. The van der Waals surface area contributed by atoms with Crippen molar-refractivity contribution in [3.8, 4) is 5.75 Å². The number of halogens is 1. The number of carbonyl (C=O) groups excluding carboxylic acids is 1. The number of rotatable bonds is 8. The Kier molecular flexibility index (Phi) is 12.1. The van der Waals surface area contributed by atoms with Crippen molar-refractivity contribution in [2.45, 2.75) is 59.6 Å². The Morgan fingerprint density at radius 1 is 1.15 bits per heavy atom. The van der Waals surface area contributed by atoms with Gasteiger partial charge in [-0.05, 0) is 65.7 Å². The first-order valence-electron chi connectivity index (χ1n) is 9.28. The topological polar surface area (TPSA) is 74.8 Å². The van der Waals surface area contributed by atoms with E-state index in [1.807, 2.05) is 53.7 Å². The molecule has 0 aromatic heterocycles. The smallest absolute Gasteiger partial charge is 0.242 e. The van der Waals surface area contributed by atoms with Crippen molar-refractivity contribution in [2.75, 3.05) is 19.6 Å². The molecule has 0 fully saturated rings. The summed E-state index contributed by atoms with van der Waals surface area (Å²) in [5.74, 6) is 1.45. The van der Waals surface area contributed by atoms with Gasteiger partial charge in [-0.2, -0.15) is 0 Å². The van der Waals surface area contributed by atoms with Gasteiger partial charge in [-0.3, -0.25) is 4.79 Å². The van der Waals surface area contributed by atoms with Crippen molar-refractivity contribution in [2.24, 2.45) is 4.99 Å². The van der Waals surface area contributed by atoms with Crippen LogP contribution in [-0.4, -0.2) is 43.1 Å². The Hall–Kier alpha value is -1.51. The van der Waals surface area contributed by atoms with Crippen LogP contribution in [0.3, 0.4) is 0 Å². The van der Waals surface area contributed by atoms with Crippen LogP contribution in [0.25, 0.3) is 0 Å². The summed E-state index contributed by atoms with van der Waals surface area (Å²) in [5.41, 5.74) is 0.971. The van der Waals surface area contributed by atoms with E-state index in [9.17, 15) is 4.79 Å². The molecule has 0 unspecified atom stereocenters. The molecule has 0 heterocycles. The van der Waals surface area contributed by atoms with Gasteiger partial charge in [0.2, 0.25) is 5.91 Å². The second-order valence-corrected chi connectivity index (χ2v) is 7.48. The lowest BCUT2D eigenvalue weighted by atomic mass is 10.1. The molecule has 0 spiro atoms. The quantitative estimate of drug-likeness (QED) is 0.298. The number of hydrogen-bond acceptors (Lipinski definition) is 3. The SMILES string of the molecule is CCNC(=NCC(=O)NC(C)(C)C)NCCc1ccc(OC(C)C)cc1.I. The third-order valence-electron chi connectivity index (χ3n) is 3.24. The van der Waals surface area contributed by atoms with Crippen molar-refractivity contribution in [3.63, 3.8) is 0 Å². The van der Waals surface area contributed by atoms with Gasteiger partial charge in [0.05, 0.1) is 6.10 Å². The first-order valence-corrected chi connectivity index (χ1v) is 9.28. The van der Waals surface area contributed by atoms with Gasteiger partial charge >= 0.3 is 0 Å². The summed E-state index contributed by atoms with van der Waals surface area (Å²) in [6, 6.07) is 8.12. The molecule has 0 radical (unpaired) electrons. The van der Waals surface area contributed by atoms with Crippen LogP contribution in [0.5, 0.6) is 5.75 Å². The first-order chi connectivity index (χ1) is 12.2. The minimum Gasteiger partial charge on any atom is -0.491 e. The number of amides is 1. The number of benzene rings is 1. The zero-order chi connectivity index (χ0) is 19.6. The van der Waals surface area contributed by atoms with Crippen molar-refractivity contribution in [1.82, 2.24) is 16.0 Å². The minimum atomic E-state index is -0.246. The van der Waals surface area contributed by atoms with E-state index in [1.54, 1.807) is 0 Å². The van der Waals surface area contributed by atoms with E-state index in [2.05, 4.69) is 33.1 Å². The van der Waals surface area contributed by atoms with Crippen molar-refractivity contribution < 1.29 is 9.53 Å². The molecular formula is C20H35IN4O2. The normalized spacial score (nSPS) is 11.6. The van der Waals surface area contributed by atoms with Crippen LogP contribution in [-0.2, 0) is 11.2 Å². The Morgan fingerprint density at radius 3 is 2.30 bits per heavy atom. The number of aliphatic imine (C=N–C) groups is 1. The third kappa shape index (κ3) is 12.5. The second-order valence-electron chi connectivity index (χ2n) is 7.48. The van der Waals surface area contributed by atoms with Gasteiger partial charge < -0.3 is 20.7 Å². The summed E-state index contributed by atoms with van der Waals surface area (Å²) in [6.45, 7) is 13.5. The number of nitrogens with one attached hydrogen (secondary N) is 3. The molecule has 0 saturated heterocycles. The number of guanidine groups is 1. The van der Waals surface area contributed by atoms with Gasteiger partial charge in [-0.25, -0.2) is 4.99 Å². The standard InChI is InChI=1S/C20H34N4O2.HI/c1-7-21-19(23-14-18(25)24-20(4,5)6)22-13-12-16-8-10-17(11-9-16)26-15(2)3;/h8-11,15H,7,12-14H2,1-6H3,(H,24,25)(H2,21,22,23);1H. The average molecular weight is 490 g/mol. The van der Waals surface area contributed by atoms with E-state index in [1.165, 1.54) is 5.56 Å². The van der Waals surface area contributed by atoms with Crippen LogP contribution < -0.4 is 20.7 Å². The van der Waals surface area contributed by atoms with Gasteiger partial charge in [-0.15, -0.1) is 24.0 Å². The fourth-order valence-corrected chi connectivity index (χ4v) is 2.28. The van der Waals surface area contributed by atoms with E-state index in [-0.39, 0.29) is 48.1 Å². The molecule has 0 atom stereocenters. The maximum atomic E-state index is 11.9. The maximum Gasteiger partial charge on any atom is 0.242 e. The lowest BCUT2D eigenvalue weighted by molar-refractivity contribution is -0.121. The average Bonchev–Trinajstić information content (AvgIpc) is 2.52. The summed E-state index contributed by atoms with van der Waals surface area (Å²) in [7, 11) is 0. The number of hydrogen-bond donors (Lipinski definition) is 3. The Morgan fingerprint density at radius 2 is 1.78 bits per heavy atom. The fraction of sp³-hybridized carbons (Fsp3) is 0.600. The predicted octanol–water partition coefficient (Wildman–Crippen LogP) is 3.10. The van der Waals surface area contributed by atoms with E-state index in [0.717, 1.165) is 25.3 Å². The Balaban J connectivity index is 0.00000676. The maximum absolute atomic E-state index is 11.9. The summed E-state index contributed by atoms with van der Waals surface area (Å²) < 4.78 is 5.65. The Labute approximate surface area is 181 Å². The summed E-state index contributed by atoms with van der Waals surface area (Å²) in [4.78, 5) is 16.2. The van der Waals surface area contributed by atoms with Crippen molar-refractivity contribution >= 4 is 35.8 Å². The van der Waals surface area contributed by atoms with Crippen LogP contribution in [0, 0.1) is 0 Å². The summed E-state index contributed by atoms with van der Waals surface area (Å²) in [6.07, 6.45) is 1.04. The van der Waals surface area contributed by atoms with E-state index in [4.69, 9.17) is 4.74 Å². The van der Waals surface area contributed by atoms with Crippen molar-refractivity contribution in [3.05, 3.63) is 29.8 Å². The highest BCUT2D eigenvalue weighted by atomic mass is 127. The lowest BCUT2D eigenvalue weighted by Crippen LogP contribution is -2.43. The highest BCUT2D eigenvalue weighted by Gasteiger charge is 2.13. The Bertz CT molecular complexity index is 581. The van der Waals surface area contributed by atoms with Gasteiger partial charge in [0.15, 0.2) is 5.96 Å². The molecule has 0 aliphatic rings. The van der Waals surface area contributed by atoms with Gasteiger partial charge in [-0.1, -0.05) is 12.1 Å². The molecule has 0 aliphatic heterocycles. The van der Waals surface area contributed by atoms with Crippen LogP contribution >= 0.6 is 24.0 Å². The van der Waals surface area contributed by atoms with E-state index < -0.39 is 0 Å². The molecule has 1 rings (SSSR count). The molecular weight excluding hydrogens is 455 g/mol. The number of ether oxygens (including phenoxy) is 1. The van der Waals surface area contributed by atoms with Gasteiger partial charge in [0.25, 0.3) is 0 Å². The largest absolute Gasteiger partial charge is 0.491 e. The second kappa shape index (κ2) is 12.8. The van der Waals surface area contributed by atoms with Gasteiger partial charge in [0.1, 0.15) is 12.3 Å². The summed E-state index contributed by atoms with van der Waals surface area (Å²) in [5, 5.41) is 9.32. The zero-order valence-corrected chi connectivity index (χ0v) is 19.7. The lowest BCUT2D eigenvalue weighted by Gasteiger charge is -2.20. The molecule has 0 aliphatic carbocycles. The monoisotopic (exact) mass is 490 g/mol. The first kappa shape index (κ1) is 25.5. The predicted molar refractivity (Wildman–Crippen MR) is 123 cm³/mol. The van der Waals surface area contributed by atoms with E-state index in [0.29, 0.717) is 5.96 Å². The molecule has 3 N–H and O–H groups in total. The third-order valence-corrected chi connectivity index (χ3v) is 3.24. The molecule has 27 heavy (non-hydrogen) atoms. The molecule has 6 nitrogen and oxygen atoms in total. The number of nitrogens with zero attached hydrogens (tertiary/aromatic N) is 1. The van der Waals surface area contributed by atoms with Crippen LogP contribution in [0.2, 0.25) is 0 Å². The molecule has 1 aromatic carbocycles. The van der Waals surface area contributed by atoms with Gasteiger partial charge in [0, 0.05) is 18.6 Å². The zero-order valence-electron chi connectivity index (χ0n) is 17.4. The van der Waals surface area contributed by atoms with Crippen molar-refractivity contribution in [1.29, 1.82) is 0 Å². The van der Waals surface area contributed by atoms with Crippen LogP contribution in [0.1, 0.15) is 47.1 Å². The minimum absolute atomic E-state index is 0.